The van der Waals surface area contributed by atoms with E-state index in [-0.39, 0.29) is 5.82 Å². The lowest BCUT2D eigenvalue weighted by Crippen LogP contribution is -2.13. The average molecular weight is 210 g/mol. The molecule has 0 atom stereocenters. The number of nitrogens with two attached hydrogens (primary N) is 1. The van der Waals surface area contributed by atoms with E-state index in [1.165, 1.54) is 12.1 Å². The molecular weight excluding hydrogens is 191 g/mol. The number of nitrogens with one attached hydrogen (secondary N) is 1. The van der Waals surface area contributed by atoms with Gasteiger partial charge in [0.15, 0.2) is 0 Å². The smallest absolute Gasteiger partial charge is 0.125 e. The molecule has 0 spiro atoms. The van der Waals surface area contributed by atoms with E-state index in [9.17, 15) is 4.39 Å². The molecule has 0 bridgehead atoms. The molecule has 0 aliphatic rings. The highest BCUT2D eigenvalue weighted by atomic mass is 19.1. The predicted octanol–water partition coefficient (Wildman–Crippen LogP) is 3.26. The molecule has 0 heterocycles. The molecule has 0 fully saturated rings. The first-order chi connectivity index (χ1) is 7.17. The molecule has 0 saturated carbocycles. The summed E-state index contributed by atoms with van der Waals surface area (Å²) in [5.74, 6) is 0.365. The highest BCUT2D eigenvalue weighted by Crippen LogP contribution is 2.20. The Morgan fingerprint density at radius 3 is 2.60 bits per heavy atom. The number of hydrogen-bond acceptors (Lipinski definition) is 2. The third-order valence-electron chi connectivity index (χ3n) is 2.75. The summed E-state index contributed by atoms with van der Waals surface area (Å²) in [6.07, 6.45) is 2.25. The molecule has 0 aromatic heterocycles. The fourth-order valence-electron chi connectivity index (χ4n) is 1.51. The van der Waals surface area contributed by atoms with Gasteiger partial charge in [0.25, 0.3) is 0 Å². The Balaban J connectivity index is 2.60. The molecule has 15 heavy (non-hydrogen) atoms. The summed E-state index contributed by atoms with van der Waals surface area (Å²) >= 11 is 0. The van der Waals surface area contributed by atoms with Gasteiger partial charge in [-0.15, -0.1) is 0 Å². The van der Waals surface area contributed by atoms with Crippen molar-refractivity contribution < 1.29 is 4.39 Å². The molecule has 1 rings (SSSR count). The van der Waals surface area contributed by atoms with Crippen LogP contribution in [0.25, 0.3) is 0 Å². The first kappa shape index (κ1) is 11.8. The number of anilines is 2. The third kappa shape index (κ3) is 3.42. The van der Waals surface area contributed by atoms with E-state index < -0.39 is 0 Å². The minimum absolute atomic E-state index is 0.253. The molecule has 0 saturated heterocycles. The Morgan fingerprint density at radius 1 is 1.33 bits per heavy atom. The van der Waals surface area contributed by atoms with Crippen LogP contribution >= 0.6 is 0 Å². The standard InChI is InChI=1S/C12H19FN2/c1-3-9(4-2)8-15-12-7-10(13)5-6-11(12)14/h5-7,9,15H,3-4,8,14H2,1-2H3. The van der Waals surface area contributed by atoms with Gasteiger partial charge >= 0.3 is 0 Å². The van der Waals surface area contributed by atoms with Gasteiger partial charge in [-0.2, -0.15) is 0 Å². The second-order valence-corrected chi connectivity index (χ2v) is 3.79. The zero-order valence-electron chi connectivity index (χ0n) is 9.39. The van der Waals surface area contributed by atoms with Gasteiger partial charge in [0, 0.05) is 6.54 Å². The van der Waals surface area contributed by atoms with Crippen molar-refractivity contribution in [1.29, 1.82) is 0 Å². The summed E-state index contributed by atoms with van der Waals surface area (Å²) in [6.45, 7) is 5.16. The van der Waals surface area contributed by atoms with Crippen molar-refractivity contribution in [2.45, 2.75) is 26.7 Å². The molecule has 0 aliphatic carbocycles. The topological polar surface area (TPSA) is 38.0 Å². The van der Waals surface area contributed by atoms with E-state index in [2.05, 4.69) is 19.2 Å². The van der Waals surface area contributed by atoms with Crippen LogP contribution in [0.2, 0.25) is 0 Å². The summed E-state index contributed by atoms with van der Waals surface area (Å²) in [6, 6.07) is 4.40. The number of rotatable bonds is 5. The van der Waals surface area contributed by atoms with Crippen LogP contribution in [-0.4, -0.2) is 6.54 Å². The normalized spacial score (nSPS) is 10.7. The second kappa shape index (κ2) is 5.59. The SMILES string of the molecule is CCC(CC)CNc1cc(F)ccc1N. The van der Waals surface area contributed by atoms with E-state index in [1.807, 2.05) is 0 Å². The Kier molecular flexibility index (Phi) is 4.40. The summed E-state index contributed by atoms with van der Waals surface area (Å²) in [7, 11) is 0. The number of hydrogen-bond donors (Lipinski definition) is 2. The van der Waals surface area contributed by atoms with Crippen LogP contribution in [0, 0.1) is 11.7 Å². The van der Waals surface area contributed by atoms with E-state index >= 15 is 0 Å². The van der Waals surface area contributed by atoms with Gasteiger partial charge in [0.05, 0.1) is 11.4 Å². The van der Waals surface area contributed by atoms with Crippen LogP contribution in [0.5, 0.6) is 0 Å². The first-order valence-electron chi connectivity index (χ1n) is 5.46. The van der Waals surface area contributed by atoms with Crippen molar-refractivity contribution in [3.8, 4) is 0 Å². The van der Waals surface area contributed by atoms with Gasteiger partial charge < -0.3 is 11.1 Å². The molecule has 3 N–H and O–H groups in total. The Bertz CT molecular complexity index is 308. The number of nitrogen functional groups attached to an aromatic ring is 1. The number of benzene rings is 1. The van der Waals surface area contributed by atoms with E-state index in [1.54, 1.807) is 6.07 Å². The molecule has 1 aromatic rings. The lowest BCUT2D eigenvalue weighted by molar-refractivity contribution is 0.519. The largest absolute Gasteiger partial charge is 0.397 e. The zero-order chi connectivity index (χ0) is 11.3. The quantitative estimate of drug-likeness (QED) is 0.732. The van der Waals surface area contributed by atoms with Crippen LogP contribution in [0.15, 0.2) is 18.2 Å². The van der Waals surface area contributed by atoms with Crippen LogP contribution in [0.3, 0.4) is 0 Å². The maximum absolute atomic E-state index is 12.9. The molecule has 1 aromatic carbocycles. The minimum Gasteiger partial charge on any atom is -0.397 e. The van der Waals surface area contributed by atoms with Gasteiger partial charge in [0.1, 0.15) is 5.82 Å². The molecule has 3 heteroatoms. The highest BCUT2D eigenvalue weighted by molar-refractivity contribution is 5.65. The fraction of sp³-hybridized carbons (Fsp3) is 0.500. The van der Waals surface area contributed by atoms with Gasteiger partial charge in [-0.05, 0) is 24.1 Å². The predicted molar refractivity (Wildman–Crippen MR) is 63.4 cm³/mol. The molecule has 0 aliphatic heterocycles. The van der Waals surface area contributed by atoms with Crippen molar-refractivity contribution >= 4 is 11.4 Å². The molecule has 84 valence electrons. The molecule has 0 radical (unpaired) electrons. The Labute approximate surface area is 90.7 Å². The van der Waals surface area contributed by atoms with Crippen molar-refractivity contribution in [1.82, 2.24) is 0 Å². The number of halogens is 1. The average Bonchev–Trinajstić information content (AvgIpc) is 2.24. The van der Waals surface area contributed by atoms with E-state index in [4.69, 9.17) is 5.73 Å². The second-order valence-electron chi connectivity index (χ2n) is 3.79. The van der Waals surface area contributed by atoms with Crippen LogP contribution < -0.4 is 11.1 Å². The van der Waals surface area contributed by atoms with Gasteiger partial charge in [-0.3, -0.25) is 0 Å². The van der Waals surface area contributed by atoms with Crippen LogP contribution in [0.1, 0.15) is 26.7 Å². The van der Waals surface area contributed by atoms with Crippen molar-refractivity contribution in [3.05, 3.63) is 24.0 Å². The molecule has 0 amide bonds. The van der Waals surface area contributed by atoms with Gasteiger partial charge in [0.2, 0.25) is 0 Å². The maximum Gasteiger partial charge on any atom is 0.125 e. The van der Waals surface area contributed by atoms with Crippen LogP contribution in [-0.2, 0) is 0 Å². The van der Waals surface area contributed by atoms with Crippen molar-refractivity contribution in [2.75, 3.05) is 17.6 Å². The van der Waals surface area contributed by atoms with E-state index in [0.717, 1.165) is 19.4 Å². The molecular formula is C12H19FN2. The van der Waals surface area contributed by atoms with Gasteiger partial charge in [-0.25, -0.2) is 4.39 Å². The third-order valence-corrected chi connectivity index (χ3v) is 2.75. The summed E-state index contributed by atoms with van der Waals surface area (Å²) < 4.78 is 12.9. The lowest BCUT2D eigenvalue weighted by Gasteiger charge is -2.15. The monoisotopic (exact) mass is 210 g/mol. The molecule has 0 unspecified atom stereocenters. The lowest BCUT2D eigenvalue weighted by atomic mass is 10.0. The zero-order valence-corrected chi connectivity index (χ0v) is 9.39. The van der Waals surface area contributed by atoms with E-state index in [0.29, 0.717) is 17.3 Å². The fourth-order valence-corrected chi connectivity index (χ4v) is 1.51. The first-order valence-corrected chi connectivity index (χ1v) is 5.46. The Hall–Kier alpha value is -1.25. The van der Waals surface area contributed by atoms with Crippen molar-refractivity contribution in [3.63, 3.8) is 0 Å². The van der Waals surface area contributed by atoms with Gasteiger partial charge in [-0.1, -0.05) is 26.7 Å². The summed E-state index contributed by atoms with van der Waals surface area (Å²) in [5.41, 5.74) is 7.03. The Morgan fingerprint density at radius 2 is 2.00 bits per heavy atom. The van der Waals surface area contributed by atoms with Crippen LogP contribution in [0.4, 0.5) is 15.8 Å². The molecule has 2 nitrogen and oxygen atoms in total. The summed E-state index contributed by atoms with van der Waals surface area (Å²) in [5, 5.41) is 3.19. The minimum atomic E-state index is -0.253. The van der Waals surface area contributed by atoms with Crippen molar-refractivity contribution in [2.24, 2.45) is 5.92 Å². The maximum atomic E-state index is 12.9. The highest BCUT2D eigenvalue weighted by Gasteiger charge is 2.05. The summed E-state index contributed by atoms with van der Waals surface area (Å²) in [4.78, 5) is 0.